The van der Waals surface area contributed by atoms with Crippen molar-refractivity contribution >= 4 is 20.6 Å². The van der Waals surface area contributed by atoms with Crippen LogP contribution in [0.15, 0.2) is 35.2 Å². The van der Waals surface area contributed by atoms with Crippen molar-refractivity contribution in [2.75, 3.05) is 7.11 Å². The van der Waals surface area contributed by atoms with E-state index in [0.717, 1.165) is 10.9 Å². The number of ether oxygens (including phenoxy) is 1. The number of aryl methyl sites for hydroxylation is 1. The number of hydrogen-bond donors (Lipinski definition) is 1. The van der Waals surface area contributed by atoms with Crippen LogP contribution in [-0.2, 0) is 9.81 Å². The van der Waals surface area contributed by atoms with Gasteiger partial charge >= 0.3 is 0 Å². The van der Waals surface area contributed by atoms with Crippen molar-refractivity contribution in [2.45, 2.75) is 25.7 Å². The lowest BCUT2D eigenvalue weighted by Crippen LogP contribution is -2.41. The number of rotatable bonds is 2. The molecule has 0 heterocycles. The van der Waals surface area contributed by atoms with Gasteiger partial charge < -0.3 is 13.8 Å². The number of nitrogens with two attached hydrogens (primary N) is 1. The lowest BCUT2D eigenvalue weighted by molar-refractivity contribution is 0.359. The van der Waals surface area contributed by atoms with Gasteiger partial charge in [0.1, 0.15) is 5.75 Å². The fraction of sp³-hybridized carbons (Fsp3) is 0.286. The van der Waals surface area contributed by atoms with E-state index in [4.69, 9.17) is 9.88 Å². The molecule has 0 atom stereocenters. The Kier molecular flexibility index (Phi) is 4.55. The van der Waals surface area contributed by atoms with Crippen LogP contribution in [0.25, 0.3) is 10.8 Å². The monoisotopic (exact) mass is 297 g/mol. The Morgan fingerprint density at radius 2 is 1.75 bits per heavy atom. The third-order valence-corrected chi connectivity index (χ3v) is 3.96. The maximum absolute atomic E-state index is 11.3. The van der Waals surface area contributed by atoms with E-state index in [1.165, 1.54) is 12.1 Å². The fourth-order valence-corrected chi connectivity index (χ4v) is 2.55. The van der Waals surface area contributed by atoms with Crippen molar-refractivity contribution in [2.24, 2.45) is 5.14 Å². The number of benzene rings is 2. The number of sulfonamides is 3. The second-order valence-electron chi connectivity index (χ2n) is 4.14. The Hall–Kier alpha value is -1.47. The second-order valence-corrected chi connectivity index (χ2v) is 6.33. The summed E-state index contributed by atoms with van der Waals surface area (Å²) < 4.78 is 39.0. The highest BCUT2D eigenvalue weighted by Gasteiger charge is 2.10. The first-order valence-electron chi connectivity index (χ1n) is 6.20. The van der Waals surface area contributed by atoms with Crippen LogP contribution in [-0.4, -0.2) is 20.4 Å². The molecule has 0 aromatic heterocycles. The van der Waals surface area contributed by atoms with Crippen LogP contribution in [0.5, 0.6) is 5.75 Å². The minimum Gasteiger partial charge on any atom is -0.785 e. The molecule has 0 unspecified atom stereocenters. The summed E-state index contributed by atoms with van der Waals surface area (Å²) in [6.45, 7) is 5.85. The molecule has 2 rings (SSSR count). The predicted molar refractivity (Wildman–Crippen MR) is 78.7 cm³/mol. The molecule has 0 bridgehead atoms. The summed E-state index contributed by atoms with van der Waals surface area (Å²) in [6, 6.07) is 7.44. The first-order valence-corrected chi connectivity index (χ1v) is 8.08. The molecule has 0 aliphatic carbocycles. The van der Waals surface area contributed by atoms with Crippen LogP contribution in [0.1, 0.15) is 19.4 Å². The van der Waals surface area contributed by atoms with E-state index in [1.54, 1.807) is 25.3 Å². The van der Waals surface area contributed by atoms with Crippen LogP contribution in [0.3, 0.4) is 0 Å². The van der Waals surface area contributed by atoms with E-state index in [2.05, 4.69) is 0 Å². The SMILES string of the molecule is CC.COc1ccc2cc(S(N)(=O)([O-])[O-])ccc2c1C. The summed E-state index contributed by atoms with van der Waals surface area (Å²) in [6.07, 6.45) is 0. The average molecular weight is 297 g/mol. The van der Waals surface area contributed by atoms with Gasteiger partial charge in [-0.05, 0) is 41.5 Å². The zero-order valence-corrected chi connectivity index (χ0v) is 12.8. The minimum atomic E-state index is -5.69. The number of hydrogen-bond acceptors (Lipinski definition) is 4. The molecule has 6 heteroatoms. The standard InChI is InChI=1S/C12H15NO4S.C2H6/c1-8-11-5-4-10(18(13,14,15)16)7-9(11)3-6-12(8)17-2;1-2/h3-7H,1-2H3,(H4,13,14,15,16);1-2H3/p-2. The summed E-state index contributed by atoms with van der Waals surface area (Å²) in [5.74, 6) is 0.699. The van der Waals surface area contributed by atoms with Crippen LogP contribution < -0.4 is 9.88 Å². The smallest absolute Gasteiger partial charge is 0.122 e. The molecular formula is C14H19NO4S-2. The van der Waals surface area contributed by atoms with Gasteiger partial charge in [0.15, 0.2) is 0 Å². The molecule has 0 fully saturated rings. The van der Waals surface area contributed by atoms with Crippen LogP contribution >= 0.6 is 0 Å². The minimum absolute atomic E-state index is 0.427. The van der Waals surface area contributed by atoms with Crippen molar-refractivity contribution in [3.8, 4) is 5.75 Å². The van der Waals surface area contributed by atoms with E-state index in [0.29, 0.717) is 11.1 Å². The molecule has 0 amide bonds. The summed E-state index contributed by atoms with van der Waals surface area (Å²) >= 11 is 0. The molecule has 0 aliphatic heterocycles. The molecule has 0 saturated carbocycles. The van der Waals surface area contributed by atoms with Crippen molar-refractivity contribution in [1.29, 1.82) is 0 Å². The highest BCUT2D eigenvalue weighted by Crippen LogP contribution is 2.31. The largest absolute Gasteiger partial charge is 0.785 e. The van der Waals surface area contributed by atoms with Crippen molar-refractivity contribution in [1.82, 2.24) is 0 Å². The van der Waals surface area contributed by atoms with Gasteiger partial charge in [0.05, 0.1) is 7.11 Å². The molecule has 2 aromatic carbocycles. The normalized spacial score (nSPS) is 13.1. The fourth-order valence-electron chi connectivity index (χ4n) is 1.89. The molecule has 2 N–H and O–H groups in total. The van der Waals surface area contributed by atoms with Gasteiger partial charge in [0, 0.05) is 4.90 Å². The van der Waals surface area contributed by atoms with Gasteiger partial charge in [-0.3, -0.25) is 9.35 Å². The van der Waals surface area contributed by atoms with E-state index < -0.39 is 14.7 Å². The van der Waals surface area contributed by atoms with Gasteiger partial charge in [0.2, 0.25) is 0 Å². The second kappa shape index (κ2) is 5.49. The summed E-state index contributed by atoms with van der Waals surface area (Å²) in [7, 11) is -4.13. The lowest BCUT2D eigenvalue weighted by Gasteiger charge is -2.51. The Balaban J connectivity index is 0.000000956. The van der Waals surface area contributed by atoms with Crippen molar-refractivity contribution in [3.05, 3.63) is 35.9 Å². The lowest BCUT2D eigenvalue weighted by atomic mass is 10.0. The Morgan fingerprint density at radius 1 is 1.15 bits per heavy atom. The first kappa shape index (κ1) is 16.6. The predicted octanol–water partition coefficient (Wildman–Crippen LogP) is 2.50. The van der Waals surface area contributed by atoms with Crippen LogP contribution in [0.2, 0.25) is 0 Å². The molecule has 20 heavy (non-hydrogen) atoms. The maximum atomic E-state index is 11.3. The van der Waals surface area contributed by atoms with Gasteiger partial charge in [-0.1, -0.05) is 26.0 Å². The van der Waals surface area contributed by atoms with Crippen molar-refractivity contribution < 1.29 is 18.1 Å². The summed E-state index contributed by atoms with van der Waals surface area (Å²) in [5, 5.41) is 6.24. The van der Waals surface area contributed by atoms with Crippen LogP contribution in [0.4, 0.5) is 0 Å². The molecule has 0 saturated heterocycles. The number of primary sulfonamides is 3. The molecule has 0 aliphatic rings. The Morgan fingerprint density at radius 3 is 2.25 bits per heavy atom. The molecule has 0 radical (unpaired) electrons. The van der Waals surface area contributed by atoms with E-state index >= 15 is 0 Å². The van der Waals surface area contributed by atoms with Crippen molar-refractivity contribution in [3.63, 3.8) is 0 Å². The molecule has 2 aromatic rings. The van der Waals surface area contributed by atoms with Gasteiger partial charge in [0.25, 0.3) is 0 Å². The highest BCUT2D eigenvalue weighted by molar-refractivity contribution is 8.08. The van der Waals surface area contributed by atoms with Gasteiger partial charge in [-0.2, -0.15) is 0 Å². The quantitative estimate of drug-likeness (QED) is 0.920. The summed E-state index contributed by atoms with van der Waals surface area (Å²) in [4.78, 5) is -0.427. The van der Waals surface area contributed by atoms with E-state index in [-0.39, 0.29) is 0 Å². The third kappa shape index (κ3) is 3.34. The molecule has 0 spiro atoms. The molecular weight excluding hydrogens is 278 g/mol. The number of methoxy groups -OCH3 is 1. The highest BCUT2D eigenvalue weighted by atomic mass is 32.3. The Bertz CT molecular complexity index is 680. The number of fused-ring (bicyclic) bond motifs is 1. The van der Waals surface area contributed by atoms with Gasteiger partial charge in [-0.25, -0.2) is 0 Å². The summed E-state index contributed by atoms with van der Waals surface area (Å²) in [5.41, 5.74) is 0.874. The zero-order chi connectivity index (χ0) is 15.6. The first-order chi connectivity index (χ1) is 9.19. The third-order valence-electron chi connectivity index (χ3n) is 2.86. The Labute approximate surface area is 118 Å². The average Bonchev–Trinajstić information content (AvgIpc) is 2.39. The van der Waals surface area contributed by atoms with E-state index in [9.17, 15) is 13.3 Å². The molecule has 5 nitrogen and oxygen atoms in total. The molecule has 112 valence electrons. The maximum Gasteiger partial charge on any atom is 0.122 e. The zero-order valence-electron chi connectivity index (χ0n) is 12.0. The topological polar surface area (TPSA) is 98.4 Å². The van der Waals surface area contributed by atoms with Crippen LogP contribution in [0, 0.1) is 6.92 Å². The van der Waals surface area contributed by atoms with Gasteiger partial charge in [-0.15, -0.1) is 9.81 Å². The van der Waals surface area contributed by atoms with E-state index in [1.807, 2.05) is 20.8 Å².